The number of hydrogen-bond acceptors (Lipinski definition) is 5. The van der Waals surface area contributed by atoms with E-state index in [-0.39, 0.29) is 22.5 Å². The van der Waals surface area contributed by atoms with E-state index in [1.807, 2.05) is 24.3 Å². The topological polar surface area (TPSA) is 85.6 Å². The first-order valence-electron chi connectivity index (χ1n) is 11.9. The number of likely N-dealkylation sites (N-methyl/N-ethyl adjacent to an activating group) is 1. The van der Waals surface area contributed by atoms with E-state index < -0.39 is 36.5 Å². The quantitative estimate of drug-likeness (QED) is 0.166. The fourth-order valence-electron chi connectivity index (χ4n) is 3.48. The average molecular weight is 522 g/mol. The predicted octanol–water partition coefficient (Wildman–Crippen LogP) is 4.24. The van der Waals surface area contributed by atoms with Crippen LogP contribution < -0.4 is 5.32 Å². The molecule has 1 amide bonds. The van der Waals surface area contributed by atoms with Crippen LogP contribution in [-0.4, -0.2) is 62.2 Å². The van der Waals surface area contributed by atoms with Gasteiger partial charge >= 0.3 is 18.1 Å². The number of alkyl halides is 3. The van der Waals surface area contributed by atoms with Crippen LogP contribution in [-0.2, 0) is 20.7 Å². The molecule has 0 aliphatic rings. The van der Waals surface area contributed by atoms with Crippen LogP contribution in [0.2, 0.25) is 0 Å². The third-order valence-corrected chi connectivity index (χ3v) is 5.14. The maximum absolute atomic E-state index is 12.7. The monoisotopic (exact) mass is 521 g/mol. The van der Waals surface area contributed by atoms with Gasteiger partial charge in [-0.15, -0.1) is 0 Å². The summed E-state index contributed by atoms with van der Waals surface area (Å²) in [6, 6.07) is 9.91. The molecule has 2 aromatic rings. The van der Waals surface area contributed by atoms with Gasteiger partial charge in [-0.25, -0.2) is 4.79 Å². The van der Waals surface area contributed by atoms with E-state index in [1.54, 1.807) is 21.1 Å². The molecule has 1 aromatic heterocycles. The van der Waals surface area contributed by atoms with E-state index in [2.05, 4.69) is 28.8 Å². The van der Waals surface area contributed by atoms with Gasteiger partial charge in [-0.3, -0.25) is 9.59 Å². The van der Waals surface area contributed by atoms with Crippen LogP contribution in [0.4, 0.5) is 13.2 Å². The second-order valence-corrected chi connectivity index (χ2v) is 9.67. The number of aryl methyl sites for hydroxylation is 1. The molecule has 0 aliphatic heterocycles. The second kappa shape index (κ2) is 13.1. The first-order chi connectivity index (χ1) is 17.3. The molecule has 0 unspecified atom stereocenters. The number of nitrogens with zero attached hydrogens (tertiary/aromatic N) is 1. The fraction of sp³-hybridized carbons (Fsp3) is 0.444. The van der Waals surface area contributed by atoms with Crippen LogP contribution in [0.15, 0.2) is 40.8 Å². The molecule has 0 aliphatic carbocycles. The molecule has 0 radical (unpaired) electrons. The third-order valence-electron chi connectivity index (χ3n) is 5.14. The molecule has 10 heteroatoms. The highest BCUT2D eigenvalue weighted by atomic mass is 19.4. The van der Waals surface area contributed by atoms with E-state index in [0.29, 0.717) is 0 Å². The number of benzene rings is 1. The van der Waals surface area contributed by atoms with Gasteiger partial charge < -0.3 is 19.0 Å². The molecule has 200 valence electrons. The summed E-state index contributed by atoms with van der Waals surface area (Å²) in [6.45, 7) is 2.33. The fourth-order valence-corrected chi connectivity index (χ4v) is 3.48. The summed E-state index contributed by atoms with van der Waals surface area (Å²) in [4.78, 5) is 35.5. The van der Waals surface area contributed by atoms with Crippen molar-refractivity contribution in [1.29, 1.82) is 0 Å². The lowest BCUT2D eigenvalue weighted by molar-refractivity contribution is -0.871. The number of halogens is 3. The highest BCUT2D eigenvalue weighted by Crippen LogP contribution is 2.17. The number of nitrogens with one attached hydrogen (secondary N) is 1. The van der Waals surface area contributed by atoms with Crippen LogP contribution >= 0.6 is 0 Å². The highest BCUT2D eigenvalue weighted by Gasteiger charge is 2.42. The lowest BCUT2D eigenvalue weighted by Crippen LogP contribution is -2.50. The number of amides is 1. The van der Waals surface area contributed by atoms with E-state index in [9.17, 15) is 27.6 Å². The maximum Gasteiger partial charge on any atom is 0.491 e. The van der Waals surface area contributed by atoms with Gasteiger partial charge in [0.15, 0.2) is 11.5 Å². The SMILES string of the molecule is CCCCCc1ccc(C#Cc2ccc(C(=O)N[C@H](CC(=O)OC(=O)C(F)(F)F)C[N+](C)(C)C)o2)cc1. The van der Waals surface area contributed by atoms with Gasteiger partial charge in [-0.2, -0.15) is 13.2 Å². The minimum absolute atomic E-state index is 0.0817. The Morgan fingerprint density at radius 3 is 2.30 bits per heavy atom. The van der Waals surface area contributed by atoms with Crippen LogP contribution in [0.3, 0.4) is 0 Å². The molecule has 37 heavy (non-hydrogen) atoms. The molecule has 0 saturated carbocycles. The Hall–Kier alpha value is -3.58. The van der Waals surface area contributed by atoms with Crippen LogP contribution in [0, 0.1) is 11.8 Å². The number of ether oxygens (including phenoxy) is 1. The van der Waals surface area contributed by atoms with Crippen molar-refractivity contribution in [3.05, 3.63) is 59.0 Å². The Labute approximate surface area is 214 Å². The Kier molecular flexibility index (Phi) is 10.5. The second-order valence-electron chi connectivity index (χ2n) is 9.67. The number of furan rings is 1. The van der Waals surface area contributed by atoms with E-state index in [4.69, 9.17) is 4.42 Å². The molecular formula is C27H32F3N2O5+. The molecule has 1 heterocycles. The van der Waals surface area contributed by atoms with Gasteiger partial charge in [0.25, 0.3) is 5.91 Å². The average Bonchev–Trinajstić information content (AvgIpc) is 3.26. The number of hydrogen-bond donors (Lipinski definition) is 1. The number of quaternary nitrogens is 1. The van der Waals surface area contributed by atoms with Crippen LogP contribution in [0.1, 0.15) is 60.0 Å². The number of carbonyl (C=O) groups is 3. The summed E-state index contributed by atoms with van der Waals surface area (Å²) >= 11 is 0. The van der Waals surface area contributed by atoms with Crippen LogP contribution in [0.25, 0.3) is 0 Å². The minimum atomic E-state index is -5.29. The van der Waals surface area contributed by atoms with Gasteiger partial charge in [0.05, 0.1) is 40.2 Å². The van der Waals surface area contributed by atoms with E-state index >= 15 is 0 Å². The van der Waals surface area contributed by atoms with Gasteiger partial charge in [-0.1, -0.05) is 37.8 Å². The Balaban J connectivity index is 2.03. The minimum Gasteiger partial charge on any atom is -0.443 e. The summed E-state index contributed by atoms with van der Waals surface area (Å²) < 4.78 is 46.7. The van der Waals surface area contributed by atoms with Crippen molar-refractivity contribution in [1.82, 2.24) is 5.32 Å². The van der Waals surface area contributed by atoms with Crippen molar-refractivity contribution >= 4 is 17.8 Å². The first kappa shape index (κ1) is 29.6. The predicted molar refractivity (Wildman–Crippen MR) is 130 cm³/mol. The molecule has 0 spiro atoms. The molecule has 1 N–H and O–H groups in total. The van der Waals surface area contributed by atoms with E-state index in [0.717, 1.165) is 18.4 Å². The van der Waals surface area contributed by atoms with Crippen molar-refractivity contribution in [3.8, 4) is 11.8 Å². The Morgan fingerprint density at radius 1 is 1.03 bits per heavy atom. The smallest absolute Gasteiger partial charge is 0.443 e. The lowest BCUT2D eigenvalue weighted by atomic mass is 10.1. The first-order valence-corrected chi connectivity index (χ1v) is 11.9. The normalized spacial score (nSPS) is 12.3. The maximum atomic E-state index is 12.7. The van der Waals surface area contributed by atoms with Gasteiger partial charge in [0.1, 0.15) is 0 Å². The number of carbonyl (C=O) groups excluding carboxylic acids is 3. The summed E-state index contributed by atoms with van der Waals surface area (Å²) in [6.07, 6.45) is -1.42. The summed E-state index contributed by atoms with van der Waals surface area (Å²) in [5, 5.41) is 2.56. The zero-order valence-corrected chi connectivity index (χ0v) is 21.4. The van der Waals surface area contributed by atoms with Gasteiger partial charge in [-0.05, 0) is 48.6 Å². The zero-order valence-electron chi connectivity index (χ0n) is 21.4. The zero-order chi connectivity index (χ0) is 27.6. The summed E-state index contributed by atoms with van der Waals surface area (Å²) in [7, 11) is 5.30. The molecule has 1 aromatic carbocycles. The highest BCUT2D eigenvalue weighted by molar-refractivity contribution is 5.92. The molecular weight excluding hydrogens is 489 g/mol. The number of esters is 2. The summed E-state index contributed by atoms with van der Waals surface area (Å²) in [5.41, 5.74) is 2.03. The lowest BCUT2D eigenvalue weighted by Gasteiger charge is -2.29. The van der Waals surface area contributed by atoms with E-state index in [1.165, 1.54) is 30.5 Å². The molecule has 0 bridgehead atoms. The molecule has 2 rings (SSSR count). The Morgan fingerprint density at radius 2 is 1.70 bits per heavy atom. The molecule has 0 fully saturated rings. The van der Waals surface area contributed by atoms with Crippen molar-refractivity contribution in [3.63, 3.8) is 0 Å². The van der Waals surface area contributed by atoms with Crippen molar-refractivity contribution < 1.29 is 41.2 Å². The molecule has 7 nitrogen and oxygen atoms in total. The Bertz CT molecular complexity index is 1140. The number of rotatable bonds is 10. The van der Waals surface area contributed by atoms with Gasteiger partial charge in [0.2, 0.25) is 0 Å². The summed E-state index contributed by atoms with van der Waals surface area (Å²) in [5.74, 6) is 1.30. The molecule has 1 atom stereocenters. The van der Waals surface area contributed by atoms with Gasteiger partial charge in [0, 0.05) is 5.56 Å². The van der Waals surface area contributed by atoms with Crippen molar-refractivity contribution in [2.24, 2.45) is 0 Å². The third kappa shape index (κ3) is 10.9. The molecule has 0 saturated heterocycles. The van der Waals surface area contributed by atoms with Crippen LogP contribution in [0.5, 0.6) is 0 Å². The van der Waals surface area contributed by atoms with Crippen molar-refractivity contribution in [2.45, 2.75) is 51.2 Å². The number of unbranched alkanes of at least 4 members (excludes halogenated alkanes) is 2. The largest absolute Gasteiger partial charge is 0.491 e. The standard InChI is InChI=1S/C27H31F3N2O5/c1-5-6-7-8-19-9-11-20(12-10-19)13-14-22-15-16-23(36-22)25(34)31-21(18-32(2,3)4)17-24(33)37-26(35)27(28,29)30/h9-12,15-16,21H,5-8,17-18H2,1-4H3/p+1/t21-/m1/s1. The van der Waals surface area contributed by atoms with Crippen molar-refractivity contribution in [2.75, 3.05) is 27.7 Å².